The van der Waals surface area contributed by atoms with Gasteiger partial charge in [-0.15, -0.1) is 0 Å². The predicted octanol–water partition coefficient (Wildman–Crippen LogP) is 4.09. The summed E-state index contributed by atoms with van der Waals surface area (Å²) < 4.78 is 10.7. The van der Waals surface area contributed by atoms with E-state index in [1.54, 1.807) is 18.2 Å². The number of aromatic carboxylic acids is 1. The molecule has 148 valence electrons. The van der Waals surface area contributed by atoms with Gasteiger partial charge in [-0.2, -0.15) is 10.1 Å². The predicted molar refractivity (Wildman–Crippen MR) is 108 cm³/mol. The van der Waals surface area contributed by atoms with Crippen LogP contribution in [-0.2, 0) is 4.79 Å². The van der Waals surface area contributed by atoms with E-state index in [0.717, 1.165) is 18.4 Å². The number of hydrogen-bond donors (Lipinski definition) is 1. The maximum Gasteiger partial charge on any atom is 0.335 e. The van der Waals surface area contributed by atoms with Crippen LogP contribution in [0.2, 0.25) is 0 Å². The summed E-state index contributed by atoms with van der Waals surface area (Å²) in [6.07, 6.45) is 4.32. The van der Waals surface area contributed by atoms with Gasteiger partial charge in [0.05, 0.1) is 22.5 Å². The Kier molecular flexibility index (Phi) is 5.03. The fourth-order valence-electron chi connectivity index (χ4n) is 3.25. The first-order valence-corrected chi connectivity index (χ1v) is 9.44. The van der Waals surface area contributed by atoms with Gasteiger partial charge >= 0.3 is 5.97 Å². The molecular formula is C22H20N2O5. The molecule has 2 aromatic carbocycles. The fraction of sp³-hybridized carbons (Fsp3) is 0.227. The number of carbonyl (C=O) groups is 2. The third-order valence-corrected chi connectivity index (χ3v) is 4.77. The van der Waals surface area contributed by atoms with Gasteiger partial charge in [-0.25, -0.2) is 4.79 Å². The van der Waals surface area contributed by atoms with Gasteiger partial charge in [-0.05, 0) is 54.8 Å². The van der Waals surface area contributed by atoms with Crippen LogP contribution < -0.4 is 14.5 Å². The molecule has 7 nitrogen and oxygen atoms in total. The van der Waals surface area contributed by atoms with Gasteiger partial charge in [-0.1, -0.05) is 25.5 Å². The van der Waals surface area contributed by atoms with Gasteiger partial charge in [0.2, 0.25) is 6.79 Å². The van der Waals surface area contributed by atoms with Crippen molar-refractivity contribution in [3.8, 4) is 11.5 Å². The number of anilines is 1. The first-order valence-electron chi connectivity index (χ1n) is 9.44. The first kappa shape index (κ1) is 18.7. The van der Waals surface area contributed by atoms with Crippen molar-refractivity contribution in [3.63, 3.8) is 0 Å². The largest absolute Gasteiger partial charge is 0.478 e. The fourth-order valence-corrected chi connectivity index (χ4v) is 3.25. The van der Waals surface area contributed by atoms with Crippen molar-refractivity contribution in [2.24, 2.45) is 5.10 Å². The normalized spacial score (nSPS) is 16.4. The summed E-state index contributed by atoms with van der Waals surface area (Å²) >= 11 is 0. The highest BCUT2D eigenvalue weighted by molar-refractivity contribution is 6.32. The number of carboxylic acid groups (broad SMARTS) is 1. The average Bonchev–Trinajstić information content (AvgIpc) is 3.31. The molecule has 2 aliphatic heterocycles. The molecule has 0 saturated carbocycles. The lowest BCUT2D eigenvalue weighted by Gasteiger charge is -2.12. The molecular weight excluding hydrogens is 372 g/mol. The molecule has 1 N–H and O–H groups in total. The van der Waals surface area contributed by atoms with Gasteiger partial charge in [-0.3, -0.25) is 4.79 Å². The number of unbranched alkanes of at least 4 members (excludes halogenated alkanes) is 1. The summed E-state index contributed by atoms with van der Waals surface area (Å²) in [6.45, 7) is 2.26. The zero-order chi connectivity index (χ0) is 20.4. The van der Waals surface area contributed by atoms with Gasteiger partial charge in [0.25, 0.3) is 5.91 Å². The number of rotatable bonds is 6. The molecule has 0 atom stereocenters. The third kappa shape index (κ3) is 3.71. The van der Waals surface area contributed by atoms with E-state index in [1.807, 2.05) is 18.2 Å². The number of hydrazone groups is 1. The third-order valence-electron chi connectivity index (χ3n) is 4.77. The molecule has 1 amide bonds. The molecule has 0 aromatic heterocycles. The Labute approximate surface area is 167 Å². The van der Waals surface area contributed by atoms with E-state index in [4.69, 9.17) is 9.47 Å². The van der Waals surface area contributed by atoms with Gasteiger partial charge in [0, 0.05) is 0 Å². The van der Waals surface area contributed by atoms with E-state index in [0.29, 0.717) is 34.9 Å². The van der Waals surface area contributed by atoms with Crippen LogP contribution in [0.1, 0.15) is 42.1 Å². The molecule has 0 unspecified atom stereocenters. The lowest BCUT2D eigenvalue weighted by atomic mass is 10.0. The second kappa shape index (κ2) is 7.79. The van der Waals surface area contributed by atoms with Crippen LogP contribution in [0, 0.1) is 0 Å². The molecule has 0 bridgehead atoms. The molecule has 2 heterocycles. The van der Waals surface area contributed by atoms with Gasteiger partial charge in [0.1, 0.15) is 0 Å². The number of carboxylic acids is 1. The van der Waals surface area contributed by atoms with Crippen molar-refractivity contribution in [3.05, 3.63) is 59.2 Å². The van der Waals surface area contributed by atoms with Crippen molar-refractivity contribution in [1.82, 2.24) is 0 Å². The van der Waals surface area contributed by atoms with Crippen LogP contribution in [0.5, 0.6) is 11.5 Å². The van der Waals surface area contributed by atoms with Crippen LogP contribution in [0.15, 0.2) is 53.1 Å². The molecule has 0 fully saturated rings. The number of fused-ring (bicyclic) bond motifs is 1. The minimum Gasteiger partial charge on any atom is -0.478 e. The number of hydrogen-bond acceptors (Lipinski definition) is 5. The summed E-state index contributed by atoms with van der Waals surface area (Å²) in [7, 11) is 0. The smallest absolute Gasteiger partial charge is 0.335 e. The van der Waals surface area contributed by atoms with E-state index in [2.05, 4.69) is 12.0 Å². The molecule has 0 spiro atoms. The van der Waals surface area contributed by atoms with Crippen LogP contribution >= 0.6 is 0 Å². The molecule has 0 saturated heterocycles. The monoisotopic (exact) mass is 392 g/mol. The summed E-state index contributed by atoms with van der Waals surface area (Å²) in [5, 5.41) is 15.0. The Balaban J connectivity index is 1.70. The zero-order valence-electron chi connectivity index (χ0n) is 15.9. The van der Waals surface area contributed by atoms with E-state index in [-0.39, 0.29) is 18.3 Å². The van der Waals surface area contributed by atoms with Crippen molar-refractivity contribution in [2.45, 2.75) is 26.2 Å². The van der Waals surface area contributed by atoms with Crippen molar-refractivity contribution < 1.29 is 24.2 Å². The number of ether oxygens (including phenoxy) is 2. The van der Waals surface area contributed by atoms with Crippen LogP contribution in [0.3, 0.4) is 0 Å². The Morgan fingerprint density at radius 2 is 2.03 bits per heavy atom. The quantitative estimate of drug-likeness (QED) is 0.748. The van der Waals surface area contributed by atoms with E-state index in [9.17, 15) is 14.7 Å². The lowest BCUT2D eigenvalue weighted by molar-refractivity contribution is -0.114. The number of benzene rings is 2. The molecule has 0 aliphatic carbocycles. The SMILES string of the molecule is CCCCC1=NN(c2cccc(C(=O)O)c2)C(=O)/C1=C\c1ccc2c(c1)OCO2. The van der Waals surface area contributed by atoms with E-state index < -0.39 is 5.97 Å². The zero-order valence-corrected chi connectivity index (χ0v) is 15.9. The topological polar surface area (TPSA) is 88.4 Å². The standard InChI is InChI=1S/C22H20N2O5/c1-2-3-7-18-17(10-14-8-9-19-20(11-14)29-13-28-19)21(25)24(23-18)16-6-4-5-15(12-16)22(26)27/h4-6,8-12H,2-3,7,13H2,1H3,(H,26,27)/b17-10-. The summed E-state index contributed by atoms with van der Waals surface area (Å²) in [6, 6.07) is 11.7. The number of nitrogens with zero attached hydrogens (tertiary/aromatic N) is 2. The first-order chi connectivity index (χ1) is 14.1. The molecule has 29 heavy (non-hydrogen) atoms. The highest BCUT2D eigenvalue weighted by atomic mass is 16.7. The molecule has 4 rings (SSSR count). The summed E-state index contributed by atoms with van der Waals surface area (Å²) in [5.74, 6) is -0.0131. The van der Waals surface area contributed by atoms with Crippen LogP contribution in [0.25, 0.3) is 6.08 Å². The Morgan fingerprint density at radius 1 is 1.21 bits per heavy atom. The molecule has 2 aliphatic rings. The van der Waals surface area contributed by atoms with E-state index >= 15 is 0 Å². The van der Waals surface area contributed by atoms with Gasteiger partial charge < -0.3 is 14.6 Å². The maximum absolute atomic E-state index is 13.1. The summed E-state index contributed by atoms with van der Waals surface area (Å²) in [4.78, 5) is 24.4. The summed E-state index contributed by atoms with van der Waals surface area (Å²) in [5.41, 5.74) is 2.53. The van der Waals surface area contributed by atoms with Crippen molar-refractivity contribution >= 4 is 29.4 Å². The Bertz CT molecular complexity index is 1040. The Morgan fingerprint density at radius 3 is 2.83 bits per heavy atom. The van der Waals surface area contributed by atoms with E-state index in [1.165, 1.54) is 17.1 Å². The van der Waals surface area contributed by atoms with Crippen molar-refractivity contribution in [2.75, 3.05) is 11.8 Å². The lowest BCUT2D eigenvalue weighted by Crippen LogP contribution is -2.21. The second-order valence-corrected chi connectivity index (χ2v) is 6.79. The maximum atomic E-state index is 13.1. The average molecular weight is 392 g/mol. The molecule has 7 heteroatoms. The highest BCUT2D eigenvalue weighted by Gasteiger charge is 2.31. The van der Waals surface area contributed by atoms with Crippen LogP contribution in [-0.4, -0.2) is 29.5 Å². The number of amides is 1. The van der Waals surface area contributed by atoms with Crippen molar-refractivity contribution in [1.29, 1.82) is 0 Å². The minimum atomic E-state index is -1.05. The molecule has 2 aromatic rings. The molecule has 0 radical (unpaired) electrons. The number of carbonyl (C=O) groups excluding carboxylic acids is 1. The highest BCUT2D eigenvalue weighted by Crippen LogP contribution is 2.34. The van der Waals surface area contributed by atoms with Gasteiger partial charge in [0.15, 0.2) is 11.5 Å². The van der Waals surface area contributed by atoms with Crippen LogP contribution in [0.4, 0.5) is 5.69 Å². The Hall–Kier alpha value is -3.61. The second-order valence-electron chi connectivity index (χ2n) is 6.79. The minimum absolute atomic E-state index is 0.105.